The lowest BCUT2D eigenvalue weighted by Gasteiger charge is -2.30. The summed E-state index contributed by atoms with van der Waals surface area (Å²) in [5, 5.41) is 15.7. The molecule has 1 aromatic heterocycles. The molecule has 2 N–H and O–H groups in total. The Morgan fingerprint density at radius 2 is 1.79 bits per heavy atom. The Hall–Kier alpha value is -3.74. The Kier molecular flexibility index (Phi) is 10.1. The number of sulfonamides is 1. The Labute approximate surface area is 255 Å². The summed E-state index contributed by atoms with van der Waals surface area (Å²) in [6.07, 6.45) is 1.49. The first-order valence-corrected chi connectivity index (χ1v) is 16.2. The highest BCUT2D eigenvalue weighted by molar-refractivity contribution is 7.89. The molecule has 1 aliphatic heterocycles. The van der Waals surface area contributed by atoms with E-state index in [2.05, 4.69) is 22.8 Å². The summed E-state index contributed by atoms with van der Waals surface area (Å²) in [5.41, 5.74) is 2.04. The number of ether oxygens (including phenoxy) is 3. The second-order valence-electron chi connectivity index (χ2n) is 9.95. The molecule has 43 heavy (non-hydrogen) atoms. The first-order chi connectivity index (χ1) is 20.9. The highest BCUT2D eigenvalue weighted by Crippen LogP contribution is 2.38. The van der Waals surface area contributed by atoms with Crippen LogP contribution in [0.1, 0.15) is 23.5 Å². The van der Waals surface area contributed by atoms with Crippen LogP contribution in [0.4, 0.5) is 0 Å². The number of carbonyl (C=O) groups is 1. The standard InChI is InChI=1S/C32H34N2O7S2/c1-39-25-11-13-26(14-12-25)43(37,38)34(15-17-35)16-18-40-31-20-24(28-22-42-30-10-6-5-9-27(28)30)19-29(41-31)32(36)33-21-23-7-3-2-4-8-23/h2-14,19,22,24,31,35H,15-18,20-21H2,1H3,(H,33,36)/t24-,31+/m0/s1. The molecule has 1 aliphatic rings. The molecule has 11 heteroatoms. The summed E-state index contributed by atoms with van der Waals surface area (Å²) in [6.45, 7) is -0.121. The van der Waals surface area contributed by atoms with Crippen LogP contribution in [0.25, 0.3) is 10.1 Å². The summed E-state index contributed by atoms with van der Waals surface area (Å²) in [4.78, 5) is 13.3. The molecular weight excluding hydrogens is 588 g/mol. The normalized spacial score (nSPS) is 17.0. The molecule has 0 unspecified atom stereocenters. The molecular formula is C32H34N2O7S2. The van der Waals surface area contributed by atoms with Gasteiger partial charge >= 0.3 is 0 Å². The first kappa shape index (κ1) is 30.7. The van der Waals surface area contributed by atoms with E-state index in [1.54, 1.807) is 23.5 Å². The molecule has 0 bridgehead atoms. The number of benzene rings is 3. The lowest BCUT2D eigenvalue weighted by atomic mass is 9.92. The van der Waals surface area contributed by atoms with E-state index in [0.29, 0.717) is 18.7 Å². The second kappa shape index (κ2) is 14.2. The SMILES string of the molecule is COc1ccc(S(=O)(=O)N(CCO)CCO[C@H]2C[C@@H](c3csc4ccccc34)C=C(C(=O)NCc3ccccc3)O2)cc1. The van der Waals surface area contributed by atoms with E-state index >= 15 is 0 Å². The molecule has 2 atom stereocenters. The summed E-state index contributed by atoms with van der Waals surface area (Å²) in [7, 11) is -2.39. The third-order valence-electron chi connectivity index (χ3n) is 7.18. The number of carbonyl (C=O) groups excluding carboxylic acids is 1. The summed E-state index contributed by atoms with van der Waals surface area (Å²) in [5.74, 6) is 0.190. The predicted octanol–water partition coefficient (Wildman–Crippen LogP) is 4.64. The van der Waals surface area contributed by atoms with Crippen molar-refractivity contribution >= 4 is 37.4 Å². The van der Waals surface area contributed by atoms with Gasteiger partial charge in [0.25, 0.3) is 5.91 Å². The highest BCUT2D eigenvalue weighted by Gasteiger charge is 2.31. The van der Waals surface area contributed by atoms with Gasteiger partial charge in [-0.1, -0.05) is 48.5 Å². The van der Waals surface area contributed by atoms with Crippen LogP contribution >= 0.6 is 11.3 Å². The fourth-order valence-corrected chi connectivity index (χ4v) is 7.37. The van der Waals surface area contributed by atoms with E-state index in [1.165, 1.54) is 23.5 Å². The molecule has 4 aromatic rings. The molecule has 0 spiro atoms. The second-order valence-corrected chi connectivity index (χ2v) is 12.8. The van der Waals surface area contributed by atoms with E-state index in [4.69, 9.17) is 14.2 Å². The van der Waals surface area contributed by atoms with Crippen molar-refractivity contribution in [1.29, 1.82) is 0 Å². The smallest absolute Gasteiger partial charge is 0.286 e. The van der Waals surface area contributed by atoms with Gasteiger partial charge in [-0.05, 0) is 58.3 Å². The molecule has 0 aliphatic carbocycles. The van der Waals surface area contributed by atoms with E-state index in [-0.39, 0.29) is 48.8 Å². The van der Waals surface area contributed by atoms with Crippen LogP contribution in [0.5, 0.6) is 5.75 Å². The van der Waals surface area contributed by atoms with Gasteiger partial charge in [-0.15, -0.1) is 11.3 Å². The van der Waals surface area contributed by atoms with E-state index in [0.717, 1.165) is 21.2 Å². The van der Waals surface area contributed by atoms with Crippen LogP contribution < -0.4 is 10.1 Å². The number of hydrogen-bond acceptors (Lipinski definition) is 8. The minimum absolute atomic E-state index is 0.00390. The lowest BCUT2D eigenvalue weighted by Crippen LogP contribution is -2.38. The topological polar surface area (TPSA) is 114 Å². The van der Waals surface area contributed by atoms with Crippen LogP contribution in [-0.4, -0.2) is 63.4 Å². The van der Waals surface area contributed by atoms with E-state index in [1.807, 2.05) is 48.5 Å². The summed E-state index contributed by atoms with van der Waals surface area (Å²) < 4.78 is 46.1. The van der Waals surface area contributed by atoms with Crippen molar-refractivity contribution in [2.75, 3.05) is 33.4 Å². The van der Waals surface area contributed by atoms with Crippen LogP contribution in [0.3, 0.4) is 0 Å². The fraction of sp³-hybridized carbons (Fsp3) is 0.281. The number of fused-ring (bicyclic) bond motifs is 1. The van der Waals surface area contributed by atoms with Crippen molar-refractivity contribution in [3.8, 4) is 5.75 Å². The van der Waals surface area contributed by atoms with E-state index in [9.17, 15) is 18.3 Å². The van der Waals surface area contributed by atoms with Gasteiger partial charge in [0.2, 0.25) is 16.3 Å². The van der Waals surface area contributed by atoms with Crippen molar-refractivity contribution in [2.45, 2.75) is 30.1 Å². The zero-order chi connectivity index (χ0) is 30.2. The predicted molar refractivity (Wildman–Crippen MR) is 165 cm³/mol. The van der Waals surface area contributed by atoms with Gasteiger partial charge in [0, 0.05) is 36.7 Å². The maximum absolute atomic E-state index is 13.3. The Morgan fingerprint density at radius 3 is 2.53 bits per heavy atom. The monoisotopic (exact) mass is 622 g/mol. The van der Waals surface area contributed by atoms with Gasteiger partial charge < -0.3 is 24.6 Å². The third kappa shape index (κ3) is 7.43. The number of methoxy groups -OCH3 is 1. The van der Waals surface area contributed by atoms with Gasteiger partial charge in [0.05, 0.1) is 25.2 Å². The van der Waals surface area contributed by atoms with Gasteiger partial charge in [-0.2, -0.15) is 4.31 Å². The molecule has 226 valence electrons. The number of nitrogens with one attached hydrogen (secondary N) is 1. The third-order valence-corrected chi connectivity index (χ3v) is 10.1. The fourth-order valence-electron chi connectivity index (χ4n) is 4.93. The number of hydrogen-bond donors (Lipinski definition) is 2. The average molecular weight is 623 g/mol. The van der Waals surface area contributed by atoms with Gasteiger partial charge in [-0.25, -0.2) is 8.42 Å². The molecule has 0 fully saturated rings. The molecule has 2 heterocycles. The summed E-state index contributed by atoms with van der Waals surface area (Å²) in [6, 6.07) is 23.8. The van der Waals surface area contributed by atoms with Crippen LogP contribution in [0.15, 0.2) is 101 Å². The lowest BCUT2D eigenvalue weighted by molar-refractivity contribution is -0.146. The van der Waals surface area contributed by atoms with Crippen molar-refractivity contribution in [1.82, 2.24) is 9.62 Å². The molecule has 0 radical (unpaired) electrons. The van der Waals surface area contributed by atoms with Gasteiger partial charge in [0.15, 0.2) is 5.76 Å². The Morgan fingerprint density at radius 1 is 1.05 bits per heavy atom. The number of thiophene rings is 1. The van der Waals surface area contributed by atoms with Crippen LogP contribution in [0, 0.1) is 0 Å². The van der Waals surface area contributed by atoms with Gasteiger partial charge in [0.1, 0.15) is 5.75 Å². The highest BCUT2D eigenvalue weighted by atomic mass is 32.2. The Bertz CT molecular complexity index is 1650. The minimum Gasteiger partial charge on any atom is -0.497 e. The van der Waals surface area contributed by atoms with Crippen molar-refractivity contribution in [3.63, 3.8) is 0 Å². The number of aliphatic hydroxyl groups is 1. The quantitative estimate of drug-likeness (QED) is 0.223. The zero-order valence-electron chi connectivity index (χ0n) is 23.7. The van der Waals surface area contributed by atoms with E-state index < -0.39 is 16.3 Å². The minimum atomic E-state index is -3.90. The van der Waals surface area contributed by atoms with Crippen LogP contribution in [0.2, 0.25) is 0 Å². The Balaban J connectivity index is 1.30. The molecule has 9 nitrogen and oxygen atoms in total. The van der Waals surface area contributed by atoms with Crippen molar-refractivity contribution in [2.24, 2.45) is 0 Å². The number of nitrogens with zero attached hydrogens (tertiary/aromatic N) is 1. The largest absolute Gasteiger partial charge is 0.497 e. The van der Waals surface area contributed by atoms with Gasteiger partial charge in [-0.3, -0.25) is 4.79 Å². The van der Waals surface area contributed by atoms with Crippen molar-refractivity contribution < 1.29 is 32.5 Å². The maximum atomic E-state index is 13.3. The first-order valence-electron chi connectivity index (χ1n) is 13.9. The molecule has 5 rings (SSSR count). The summed E-state index contributed by atoms with van der Waals surface area (Å²) >= 11 is 1.64. The molecule has 0 saturated heterocycles. The number of aliphatic hydroxyl groups excluding tert-OH is 1. The average Bonchev–Trinajstić information content (AvgIpc) is 3.48. The number of rotatable bonds is 13. The molecule has 0 saturated carbocycles. The van der Waals surface area contributed by atoms with Crippen LogP contribution in [-0.2, 0) is 30.8 Å². The number of allylic oxidation sites excluding steroid dienone is 1. The van der Waals surface area contributed by atoms with Crippen molar-refractivity contribution in [3.05, 3.63) is 107 Å². The molecule has 3 aromatic carbocycles. The zero-order valence-corrected chi connectivity index (χ0v) is 25.4. The molecule has 1 amide bonds. The maximum Gasteiger partial charge on any atom is 0.286 e. The number of amides is 1.